The lowest BCUT2D eigenvalue weighted by molar-refractivity contribution is 0.572. The first-order valence-corrected chi connectivity index (χ1v) is 9.02. The highest BCUT2D eigenvalue weighted by atomic mass is 19.1. The molecule has 3 aromatic rings. The van der Waals surface area contributed by atoms with Gasteiger partial charge in [0.25, 0.3) is 0 Å². The molecule has 2 N–H and O–H groups in total. The van der Waals surface area contributed by atoms with Gasteiger partial charge in [-0.2, -0.15) is 0 Å². The number of benzene rings is 3. The predicted octanol–water partition coefficient (Wildman–Crippen LogP) is 5.96. The topological polar surface area (TPSA) is 26.0 Å². The van der Waals surface area contributed by atoms with E-state index in [0.717, 1.165) is 24.0 Å². The Labute approximate surface area is 158 Å². The van der Waals surface area contributed by atoms with E-state index >= 15 is 0 Å². The lowest BCUT2D eigenvalue weighted by atomic mass is 10.0. The van der Waals surface area contributed by atoms with Gasteiger partial charge in [-0.05, 0) is 65.9 Å². The average Bonchev–Trinajstić information content (AvgIpc) is 2.67. The Bertz CT molecular complexity index is 955. The van der Waals surface area contributed by atoms with Gasteiger partial charge in [0.1, 0.15) is 11.6 Å². The normalized spacial score (nSPS) is 10.3. The molecule has 3 heteroatoms. The van der Waals surface area contributed by atoms with Crippen LogP contribution in [-0.4, -0.2) is 0 Å². The van der Waals surface area contributed by atoms with Crippen LogP contribution in [0.2, 0.25) is 0 Å². The summed E-state index contributed by atoms with van der Waals surface area (Å²) in [4.78, 5) is 0. The van der Waals surface area contributed by atoms with Crippen molar-refractivity contribution < 1.29 is 8.78 Å². The first kappa shape index (κ1) is 18.7. The van der Waals surface area contributed by atoms with Crippen molar-refractivity contribution >= 4 is 5.69 Å². The van der Waals surface area contributed by atoms with Crippen molar-refractivity contribution in [1.82, 2.24) is 0 Å². The van der Waals surface area contributed by atoms with Crippen LogP contribution in [0.1, 0.15) is 36.5 Å². The Kier molecular flexibility index (Phi) is 5.88. The van der Waals surface area contributed by atoms with Gasteiger partial charge in [-0.25, -0.2) is 8.78 Å². The van der Waals surface area contributed by atoms with Crippen LogP contribution < -0.4 is 5.73 Å². The van der Waals surface area contributed by atoms with Crippen molar-refractivity contribution in [2.75, 3.05) is 5.73 Å². The van der Waals surface area contributed by atoms with E-state index < -0.39 is 11.6 Å². The van der Waals surface area contributed by atoms with Gasteiger partial charge in [0.2, 0.25) is 0 Å². The van der Waals surface area contributed by atoms with Gasteiger partial charge < -0.3 is 5.73 Å². The van der Waals surface area contributed by atoms with E-state index in [-0.39, 0.29) is 5.56 Å². The van der Waals surface area contributed by atoms with Crippen molar-refractivity contribution in [3.05, 3.63) is 89.0 Å². The van der Waals surface area contributed by atoms with Crippen LogP contribution in [0.4, 0.5) is 14.5 Å². The molecule has 0 saturated heterocycles. The number of hydrogen-bond donors (Lipinski definition) is 1. The predicted molar refractivity (Wildman–Crippen MR) is 107 cm³/mol. The van der Waals surface area contributed by atoms with E-state index in [9.17, 15) is 8.78 Å². The van der Waals surface area contributed by atoms with Gasteiger partial charge in [0, 0.05) is 11.3 Å². The van der Waals surface area contributed by atoms with Crippen LogP contribution in [0.25, 0.3) is 11.1 Å². The molecule has 0 saturated carbocycles. The maximum atomic E-state index is 14.2. The summed E-state index contributed by atoms with van der Waals surface area (Å²) < 4.78 is 28.4. The van der Waals surface area contributed by atoms with Crippen molar-refractivity contribution in [1.29, 1.82) is 0 Å². The molecule has 3 rings (SSSR count). The lowest BCUT2D eigenvalue weighted by Crippen LogP contribution is -1.95. The summed E-state index contributed by atoms with van der Waals surface area (Å²) in [5.41, 5.74) is 9.67. The standard InChI is InChI=1S/C24H21F2N/c1-2-3-4-18-15-23(25)22(24(26)16-18)14-7-17-5-8-19(9-6-17)20-10-12-21(27)13-11-20/h5-6,8-13,15-16H,2-4,27H2,1H3. The van der Waals surface area contributed by atoms with Crippen LogP contribution in [0.3, 0.4) is 0 Å². The summed E-state index contributed by atoms with van der Waals surface area (Å²) in [6, 6.07) is 17.9. The largest absolute Gasteiger partial charge is 0.399 e. The summed E-state index contributed by atoms with van der Waals surface area (Å²) in [7, 11) is 0. The third-order valence-corrected chi connectivity index (χ3v) is 4.38. The molecule has 0 unspecified atom stereocenters. The summed E-state index contributed by atoms with van der Waals surface area (Å²) in [5, 5.41) is 0. The first-order chi connectivity index (χ1) is 13.1. The third-order valence-electron chi connectivity index (χ3n) is 4.38. The summed E-state index contributed by atoms with van der Waals surface area (Å²) in [5.74, 6) is 4.26. The van der Waals surface area contributed by atoms with E-state index in [2.05, 4.69) is 11.8 Å². The summed E-state index contributed by atoms with van der Waals surface area (Å²) in [6.45, 7) is 2.05. The van der Waals surface area contributed by atoms with Crippen LogP contribution >= 0.6 is 0 Å². The van der Waals surface area contributed by atoms with Crippen LogP contribution in [0.5, 0.6) is 0 Å². The quantitative estimate of drug-likeness (QED) is 0.450. The summed E-state index contributed by atoms with van der Waals surface area (Å²) in [6.07, 6.45) is 2.56. The molecule has 0 bridgehead atoms. The molecule has 136 valence electrons. The number of anilines is 1. The second-order valence-corrected chi connectivity index (χ2v) is 6.49. The number of nitrogens with two attached hydrogens (primary N) is 1. The maximum Gasteiger partial charge on any atom is 0.142 e. The van der Waals surface area contributed by atoms with E-state index in [1.807, 2.05) is 55.5 Å². The number of unbranched alkanes of at least 4 members (excludes halogenated alkanes) is 1. The molecule has 0 fully saturated rings. The molecule has 0 heterocycles. The number of aryl methyl sites for hydroxylation is 1. The highest BCUT2D eigenvalue weighted by Crippen LogP contribution is 2.21. The molecule has 1 nitrogen and oxygen atoms in total. The molecule has 0 atom stereocenters. The van der Waals surface area contributed by atoms with Gasteiger partial charge in [0.05, 0.1) is 5.56 Å². The number of rotatable bonds is 4. The molecule has 0 aliphatic heterocycles. The monoisotopic (exact) mass is 361 g/mol. The van der Waals surface area contributed by atoms with E-state index in [4.69, 9.17) is 5.73 Å². The fourth-order valence-electron chi connectivity index (χ4n) is 2.83. The Balaban J connectivity index is 1.80. The molecule has 0 radical (unpaired) electrons. The fraction of sp³-hybridized carbons (Fsp3) is 0.167. The highest BCUT2D eigenvalue weighted by Gasteiger charge is 2.09. The van der Waals surface area contributed by atoms with E-state index in [1.54, 1.807) is 0 Å². The molecule has 0 amide bonds. The molecule has 0 aliphatic rings. The van der Waals surface area contributed by atoms with Crippen molar-refractivity contribution in [2.24, 2.45) is 0 Å². The highest BCUT2D eigenvalue weighted by molar-refractivity contribution is 5.66. The molecular weight excluding hydrogens is 340 g/mol. The zero-order valence-corrected chi connectivity index (χ0v) is 15.2. The first-order valence-electron chi connectivity index (χ1n) is 9.02. The van der Waals surface area contributed by atoms with Crippen molar-refractivity contribution in [3.8, 4) is 23.0 Å². The van der Waals surface area contributed by atoms with Crippen LogP contribution in [0.15, 0.2) is 60.7 Å². The molecule has 27 heavy (non-hydrogen) atoms. The molecule has 0 aliphatic carbocycles. The van der Waals surface area contributed by atoms with Gasteiger partial charge in [0.15, 0.2) is 0 Å². The fourth-order valence-corrected chi connectivity index (χ4v) is 2.83. The minimum atomic E-state index is -0.605. The summed E-state index contributed by atoms with van der Waals surface area (Å²) >= 11 is 0. The van der Waals surface area contributed by atoms with Gasteiger partial charge in [-0.3, -0.25) is 0 Å². The van der Waals surface area contributed by atoms with Gasteiger partial charge in [-0.1, -0.05) is 49.5 Å². The molecule has 3 aromatic carbocycles. The minimum absolute atomic E-state index is 0.183. The molecule has 0 spiro atoms. The Morgan fingerprint density at radius 1 is 0.815 bits per heavy atom. The van der Waals surface area contributed by atoms with Crippen molar-refractivity contribution in [3.63, 3.8) is 0 Å². The average molecular weight is 361 g/mol. The lowest BCUT2D eigenvalue weighted by Gasteiger charge is -2.04. The number of hydrogen-bond acceptors (Lipinski definition) is 1. The van der Waals surface area contributed by atoms with Gasteiger partial charge >= 0.3 is 0 Å². The smallest absolute Gasteiger partial charge is 0.142 e. The second-order valence-electron chi connectivity index (χ2n) is 6.49. The van der Waals surface area contributed by atoms with Crippen LogP contribution in [-0.2, 0) is 6.42 Å². The molecular formula is C24H21F2N. The van der Waals surface area contributed by atoms with E-state index in [1.165, 1.54) is 12.1 Å². The van der Waals surface area contributed by atoms with Gasteiger partial charge in [-0.15, -0.1) is 0 Å². The Morgan fingerprint density at radius 2 is 1.37 bits per heavy atom. The second kappa shape index (κ2) is 8.51. The Hall–Kier alpha value is -3.12. The van der Waals surface area contributed by atoms with E-state index in [0.29, 0.717) is 23.2 Å². The Morgan fingerprint density at radius 3 is 1.93 bits per heavy atom. The molecule has 0 aromatic heterocycles. The van der Waals surface area contributed by atoms with Crippen molar-refractivity contribution in [2.45, 2.75) is 26.2 Å². The third kappa shape index (κ3) is 4.74. The zero-order chi connectivity index (χ0) is 19.2. The van der Waals surface area contributed by atoms with Crippen LogP contribution in [0, 0.1) is 23.5 Å². The zero-order valence-electron chi connectivity index (χ0n) is 15.2. The minimum Gasteiger partial charge on any atom is -0.399 e. The maximum absolute atomic E-state index is 14.2. The number of halogens is 2. The SMILES string of the molecule is CCCCc1cc(F)c(C#Cc2ccc(-c3ccc(N)cc3)cc2)c(F)c1. The number of nitrogen functional groups attached to an aromatic ring is 1.